The first-order valence-corrected chi connectivity index (χ1v) is 12.1. The van der Waals surface area contributed by atoms with Crippen molar-refractivity contribution in [1.82, 2.24) is 19.5 Å². The van der Waals surface area contributed by atoms with Gasteiger partial charge in [-0.05, 0) is 43.2 Å². The number of ether oxygens (including phenoxy) is 2. The summed E-state index contributed by atoms with van der Waals surface area (Å²) in [5, 5.41) is 6.54. The van der Waals surface area contributed by atoms with E-state index in [1.165, 1.54) is 5.56 Å². The number of nitrogens with zero attached hydrogens (tertiary/aromatic N) is 4. The highest BCUT2D eigenvalue weighted by molar-refractivity contribution is 5.78. The number of benzene rings is 1. The highest BCUT2D eigenvalue weighted by atomic mass is 16.5. The van der Waals surface area contributed by atoms with Gasteiger partial charge in [-0.2, -0.15) is 0 Å². The van der Waals surface area contributed by atoms with E-state index in [0.29, 0.717) is 49.9 Å². The Morgan fingerprint density at radius 1 is 0.972 bits per heavy atom. The van der Waals surface area contributed by atoms with Gasteiger partial charge in [-0.25, -0.2) is 15.0 Å². The molecule has 9 heteroatoms. The van der Waals surface area contributed by atoms with Crippen LogP contribution in [-0.2, 0) is 11.3 Å². The van der Waals surface area contributed by atoms with Crippen LogP contribution in [0, 0.1) is 6.92 Å². The number of aromatic nitrogens is 4. The minimum Gasteiger partial charge on any atom is -0.481 e. The van der Waals surface area contributed by atoms with Gasteiger partial charge in [-0.15, -0.1) is 0 Å². The van der Waals surface area contributed by atoms with E-state index in [-0.39, 0.29) is 11.4 Å². The predicted octanol–water partition coefficient (Wildman–Crippen LogP) is 4.12. The summed E-state index contributed by atoms with van der Waals surface area (Å²) >= 11 is 0. The lowest BCUT2D eigenvalue weighted by molar-refractivity contribution is 0.127. The molecule has 0 aliphatic carbocycles. The molecule has 4 rings (SSSR count). The molecule has 188 valence electrons. The molecule has 0 radical (unpaired) electrons. The third kappa shape index (κ3) is 6.17. The summed E-state index contributed by atoms with van der Waals surface area (Å²) < 4.78 is 12.5. The van der Waals surface area contributed by atoms with Crippen molar-refractivity contribution >= 4 is 22.7 Å². The fourth-order valence-electron chi connectivity index (χ4n) is 3.83. The quantitative estimate of drug-likeness (QED) is 0.287. The zero-order valence-electron chi connectivity index (χ0n) is 21.0. The normalized spacial score (nSPS) is 11.0. The smallest absolute Gasteiger partial charge is 0.293 e. The minimum absolute atomic E-state index is 0.204. The number of hydrogen-bond donors (Lipinski definition) is 2. The Kier molecular flexibility index (Phi) is 8.46. The molecule has 0 aliphatic rings. The molecular formula is C27H32N6O3. The fraction of sp³-hybridized carbons (Fsp3) is 0.333. The molecule has 3 heterocycles. The van der Waals surface area contributed by atoms with E-state index >= 15 is 0 Å². The van der Waals surface area contributed by atoms with Crippen molar-refractivity contribution in [3.8, 4) is 17.0 Å². The molecule has 0 unspecified atom stereocenters. The van der Waals surface area contributed by atoms with Gasteiger partial charge in [0.2, 0.25) is 5.88 Å². The zero-order chi connectivity index (χ0) is 25.3. The van der Waals surface area contributed by atoms with E-state index in [1.54, 1.807) is 30.1 Å². The first-order chi connectivity index (χ1) is 17.6. The molecule has 0 saturated carbocycles. The standard InChI is InChI=1S/C27H32N6O3/c1-4-13-36-14-12-33-23-16-21(20-8-9-24(35-3)30-17-20)18-31-25(23)32-26(27(33)34)29-11-10-28-22-7-5-6-19(2)15-22/h5-9,15-18,28H,4,10-14H2,1-3H3,(H,29,31,32). The molecule has 2 N–H and O–H groups in total. The van der Waals surface area contributed by atoms with E-state index in [4.69, 9.17) is 9.47 Å². The molecule has 9 nitrogen and oxygen atoms in total. The van der Waals surface area contributed by atoms with Crippen LogP contribution in [0.25, 0.3) is 22.3 Å². The molecule has 0 spiro atoms. The number of hydrogen-bond acceptors (Lipinski definition) is 8. The van der Waals surface area contributed by atoms with Crippen LogP contribution >= 0.6 is 0 Å². The van der Waals surface area contributed by atoms with Crippen molar-refractivity contribution in [2.24, 2.45) is 0 Å². The van der Waals surface area contributed by atoms with Crippen molar-refractivity contribution in [1.29, 1.82) is 0 Å². The molecular weight excluding hydrogens is 456 g/mol. The van der Waals surface area contributed by atoms with Gasteiger partial charge in [-0.1, -0.05) is 19.1 Å². The van der Waals surface area contributed by atoms with Gasteiger partial charge in [0, 0.05) is 61.5 Å². The van der Waals surface area contributed by atoms with Crippen LogP contribution in [0.2, 0.25) is 0 Å². The first-order valence-electron chi connectivity index (χ1n) is 12.1. The largest absolute Gasteiger partial charge is 0.481 e. The Morgan fingerprint density at radius 3 is 2.56 bits per heavy atom. The highest BCUT2D eigenvalue weighted by Gasteiger charge is 2.13. The second-order valence-electron chi connectivity index (χ2n) is 8.41. The summed E-state index contributed by atoms with van der Waals surface area (Å²) in [6.45, 7) is 6.76. The maximum Gasteiger partial charge on any atom is 0.293 e. The predicted molar refractivity (Wildman–Crippen MR) is 143 cm³/mol. The molecule has 0 bridgehead atoms. The minimum atomic E-state index is -0.204. The molecule has 0 aliphatic heterocycles. The lowest BCUT2D eigenvalue weighted by Crippen LogP contribution is -2.29. The summed E-state index contributed by atoms with van der Waals surface area (Å²) in [6.07, 6.45) is 4.38. The molecule has 0 atom stereocenters. The third-order valence-corrected chi connectivity index (χ3v) is 5.65. The van der Waals surface area contributed by atoms with Gasteiger partial charge in [0.15, 0.2) is 11.5 Å². The van der Waals surface area contributed by atoms with Crippen molar-refractivity contribution in [2.45, 2.75) is 26.8 Å². The van der Waals surface area contributed by atoms with E-state index in [2.05, 4.69) is 51.6 Å². The van der Waals surface area contributed by atoms with Crippen LogP contribution in [0.1, 0.15) is 18.9 Å². The summed E-state index contributed by atoms with van der Waals surface area (Å²) in [5.74, 6) is 0.808. The van der Waals surface area contributed by atoms with Crippen molar-refractivity contribution < 1.29 is 9.47 Å². The van der Waals surface area contributed by atoms with Gasteiger partial charge in [0.25, 0.3) is 5.56 Å². The molecule has 1 aromatic carbocycles. The van der Waals surface area contributed by atoms with Gasteiger partial charge < -0.3 is 20.1 Å². The molecule has 36 heavy (non-hydrogen) atoms. The number of methoxy groups -OCH3 is 1. The van der Waals surface area contributed by atoms with Gasteiger partial charge in [0.1, 0.15) is 0 Å². The van der Waals surface area contributed by atoms with Crippen molar-refractivity contribution in [2.75, 3.05) is 44.0 Å². The number of nitrogens with one attached hydrogen (secondary N) is 2. The SMILES string of the molecule is CCCOCCn1c(=O)c(NCCNc2cccc(C)c2)nc2ncc(-c3ccc(OC)nc3)cc21. The Hall–Kier alpha value is -3.98. The second kappa shape index (κ2) is 12.1. The molecule has 0 saturated heterocycles. The van der Waals surface area contributed by atoms with Crippen LogP contribution in [0.15, 0.2) is 59.7 Å². The number of anilines is 2. The lowest BCUT2D eigenvalue weighted by atomic mass is 10.1. The van der Waals surface area contributed by atoms with E-state index < -0.39 is 0 Å². The molecule has 0 amide bonds. The first kappa shape index (κ1) is 25.1. The maximum absolute atomic E-state index is 13.4. The summed E-state index contributed by atoms with van der Waals surface area (Å²) in [6, 6.07) is 13.8. The van der Waals surface area contributed by atoms with Crippen LogP contribution in [0.5, 0.6) is 5.88 Å². The number of aryl methyl sites for hydroxylation is 1. The Bertz CT molecular complexity index is 1350. The Labute approximate surface area is 210 Å². The summed E-state index contributed by atoms with van der Waals surface area (Å²) in [4.78, 5) is 26.8. The number of pyridine rings is 2. The fourth-order valence-corrected chi connectivity index (χ4v) is 3.83. The van der Waals surface area contributed by atoms with Crippen LogP contribution in [-0.4, -0.2) is 52.9 Å². The number of rotatable bonds is 12. The summed E-state index contributed by atoms with van der Waals surface area (Å²) in [5.41, 5.74) is 4.87. The van der Waals surface area contributed by atoms with E-state index in [9.17, 15) is 4.79 Å². The van der Waals surface area contributed by atoms with Gasteiger partial charge in [-0.3, -0.25) is 9.36 Å². The van der Waals surface area contributed by atoms with Crippen LogP contribution in [0.4, 0.5) is 11.5 Å². The highest BCUT2D eigenvalue weighted by Crippen LogP contribution is 2.23. The third-order valence-electron chi connectivity index (χ3n) is 5.65. The van der Waals surface area contributed by atoms with Gasteiger partial charge in [0.05, 0.1) is 19.2 Å². The molecule has 0 fully saturated rings. The average Bonchev–Trinajstić information content (AvgIpc) is 2.90. The Balaban J connectivity index is 1.58. The summed E-state index contributed by atoms with van der Waals surface area (Å²) in [7, 11) is 1.58. The lowest BCUT2D eigenvalue weighted by Gasteiger charge is -2.14. The topological polar surface area (TPSA) is 103 Å². The monoisotopic (exact) mass is 488 g/mol. The van der Waals surface area contributed by atoms with Crippen molar-refractivity contribution in [3.05, 3.63) is 70.8 Å². The number of fused-ring (bicyclic) bond motifs is 1. The molecule has 4 aromatic rings. The van der Waals surface area contributed by atoms with Gasteiger partial charge >= 0.3 is 0 Å². The zero-order valence-corrected chi connectivity index (χ0v) is 21.0. The average molecular weight is 489 g/mol. The van der Waals surface area contributed by atoms with E-state index in [0.717, 1.165) is 23.2 Å². The van der Waals surface area contributed by atoms with Crippen molar-refractivity contribution in [3.63, 3.8) is 0 Å². The Morgan fingerprint density at radius 2 is 1.81 bits per heavy atom. The van der Waals surface area contributed by atoms with E-state index in [1.807, 2.05) is 24.3 Å². The second-order valence-corrected chi connectivity index (χ2v) is 8.41. The van der Waals surface area contributed by atoms with Crippen LogP contribution in [0.3, 0.4) is 0 Å². The maximum atomic E-state index is 13.4. The molecule has 3 aromatic heterocycles. The van der Waals surface area contributed by atoms with Crippen LogP contribution < -0.4 is 20.9 Å².